The van der Waals surface area contributed by atoms with E-state index in [4.69, 9.17) is 0 Å². The van der Waals surface area contributed by atoms with Crippen molar-refractivity contribution in [1.82, 2.24) is 5.32 Å². The molecular weight excluding hydrogens is 324 g/mol. The van der Waals surface area contributed by atoms with Gasteiger partial charge in [-0.05, 0) is 24.1 Å². The van der Waals surface area contributed by atoms with Crippen molar-refractivity contribution < 1.29 is 13.2 Å². The van der Waals surface area contributed by atoms with E-state index in [1.807, 2.05) is 37.3 Å². The summed E-state index contributed by atoms with van der Waals surface area (Å²) in [7, 11) is -3.55. The van der Waals surface area contributed by atoms with Crippen LogP contribution in [0.15, 0.2) is 60.7 Å². The van der Waals surface area contributed by atoms with Crippen molar-refractivity contribution in [3.05, 3.63) is 66.2 Å². The Kier molecular flexibility index (Phi) is 5.98. The topological polar surface area (TPSA) is 66.5 Å². The van der Waals surface area contributed by atoms with Gasteiger partial charge in [-0.25, -0.2) is 8.42 Å². The summed E-state index contributed by atoms with van der Waals surface area (Å²) in [4.78, 5) is 12.4. The third kappa shape index (κ3) is 4.83. The van der Waals surface area contributed by atoms with Crippen molar-refractivity contribution >= 4 is 21.6 Å². The molecule has 1 N–H and O–H groups in total. The van der Waals surface area contributed by atoms with E-state index in [9.17, 15) is 13.2 Å². The van der Waals surface area contributed by atoms with Crippen LogP contribution < -0.4 is 9.62 Å². The van der Waals surface area contributed by atoms with Gasteiger partial charge < -0.3 is 5.32 Å². The highest BCUT2D eigenvalue weighted by molar-refractivity contribution is 7.92. The first-order valence-corrected chi connectivity index (χ1v) is 9.63. The molecule has 24 heavy (non-hydrogen) atoms. The fourth-order valence-corrected chi connectivity index (χ4v) is 3.33. The lowest BCUT2D eigenvalue weighted by molar-refractivity contribution is -0.120. The number of nitrogens with one attached hydrogen (secondary N) is 1. The van der Waals surface area contributed by atoms with Crippen molar-refractivity contribution in [2.75, 3.05) is 17.1 Å². The van der Waals surface area contributed by atoms with E-state index in [1.165, 1.54) is 0 Å². The molecule has 0 spiro atoms. The molecule has 0 aromatic heterocycles. The lowest BCUT2D eigenvalue weighted by Gasteiger charge is -2.24. The Morgan fingerprint density at radius 3 is 2.08 bits per heavy atom. The van der Waals surface area contributed by atoms with Gasteiger partial charge in [0.1, 0.15) is 6.54 Å². The quantitative estimate of drug-likeness (QED) is 0.838. The molecule has 1 atom stereocenters. The van der Waals surface area contributed by atoms with Crippen LogP contribution in [-0.2, 0) is 14.8 Å². The zero-order valence-corrected chi connectivity index (χ0v) is 14.7. The molecule has 0 fully saturated rings. The van der Waals surface area contributed by atoms with Crippen LogP contribution in [0.4, 0.5) is 5.69 Å². The molecule has 1 amide bonds. The van der Waals surface area contributed by atoms with Crippen LogP contribution in [0.2, 0.25) is 0 Å². The van der Waals surface area contributed by atoms with E-state index in [0.29, 0.717) is 5.69 Å². The Hall–Kier alpha value is -2.34. The molecule has 0 radical (unpaired) electrons. The fraction of sp³-hybridized carbons (Fsp3) is 0.278. The summed E-state index contributed by atoms with van der Waals surface area (Å²) < 4.78 is 25.2. The second-order valence-corrected chi connectivity index (χ2v) is 7.45. The maximum atomic E-state index is 12.4. The van der Waals surface area contributed by atoms with Crippen molar-refractivity contribution in [2.24, 2.45) is 0 Å². The third-order valence-electron chi connectivity index (χ3n) is 3.68. The van der Waals surface area contributed by atoms with Crippen molar-refractivity contribution in [1.29, 1.82) is 0 Å². The van der Waals surface area contributed by atoms with Crippen LogP contribution >= 0.6 is 0 Å². The van der Waals surface area contributed by atoms with Gasteiger partial charge in [-0.1, -0.05) is 55.5 Å². The summed E-state index contributed by atoms with van der Waals surface area (Å²) >= 11 is 0. The minimum absolute atomic E-state index is 0.143. The summed E-state index contributed by atoms with van der Waals surface area (Å²) in [5.74, 6) is -0.333. The van der Waals surface area contributed by atoms with Gasteiger partial charge in [-0.15, -0.1) is 0 Å². The molecule has 0 saturated carbocycles. The zero-order chi connectivity index (χ0) is 17.6. The Morgan fingerprint density at radius 1 is 1.04 bits per heavy atom. The summed E-state index contributed by atoms with van der Waals surface area (Å²) in [5.41, 5.74) is 1.47. The number of para-hydroxylation sites is 1. The first kappa shape index (κ1) is 18.0. The van der Waals surface area contributed by atoms with E-state index < -0.39 is 10.0 Å². The molecule has 0 heterocycles. The maximum absolute atomic E-state index is 12.4. The lowest BCUT2D eigenvalue weighted by atomic mass is 10.0. The largest absolute Gasteiger partial charge is 0.348 e. The molecule has 2 aromatic carbocycles. The molecule has 0 saturated heterocycles. The smallest absolute Gasteiger partial charge is 0.241 e. The number of anilines is 1. The minimum atomic E-state index is -3.55. The van der Waals surface area contributed by atoms with Gasteiger partial charge in [0, 0.05) is 0 Å². The number of hydrogen-bond donors (Lipinski definition) is 1. The predicted molar refractivity (Wildman–Crippen MR) is 96.2 cm³/mol. The molecule has 6 heteroatoms. The van der Waals surface area contributed by atoms with Crippen LogP contribution in [0.5, 0.6) is 0 Å². The molecule has 0 aliphatic rings. The number of sulfonamides is 1. The number of rotatable bonds is 7. The normalized spacial score (nSPS) is 12.4. The summed E-state index contributed by atoms with van der Waals surface area (Å²) in [5, 5.41) is 2.91. The standard InChI is InChI=1S/C18H22N2O3S/c1-3-17(15-10-6-4-7-11-15)19-18(21)14-20(24(2,22)23)16-12-8-5-9-13-16/h4-13,17H,3,14H2,1-2H3,(H,19,21). The Morgan fingerprint density at radius 2 is 1.58 bits per heavy atom. The summed E-state index contributed by atoms with van der Waals surface area (Å²) in [6.45, 7) is 1.73. The van der Waals surface area contributed by atoms with Crippen LogP contribution in [0.3, 0.4) is 0 Å². The molecule has 128 valence electrons. The lowest BCUT2D eigenvalue weighted by Crippen LogP contribution is -2.41. The Bertz CT molecular complexity index is 761. The van der Waals surface area contributed by atoms with Crippen LogP contribution in [0.25, 0.3) is 0 Å². The van der Waals surface area contributed by atoms with Gasteiger partial charge in [0.15, 0.2) is 0 Å². The number of nitrogens with zero attached hydrogens (tertiary/aromatic N) is 1. The van der Waals surface area contributed by atoms with Crippen molar-refractivity contribution in [2.45, 2.75) is 19.4 Å². The first-order valence-electron chi connectivity index (χ1n) is 7.79. The highest BCUT2D eigenvalue weighted by Gasteiger charge is 2.22. The molecule has 1 unspecified atom stereocenters. The summed E-state index contributed by atoms with van der Waals surface area (Å²) in [6, 6.07) is 18.1. The van der Waals surface area contributed by atoms with E-state index in [1.54, 1.807) is 30.3 Å². The molecule has 0 aliphatic heterocycles. The van der Waals surface area contributed by atoms with Crippen molar-refractivity contribution in [3.63, 3.8) is 0 Å². The molecule has 2 aromatic rings. The monoisotopic (exact) mass is 346 g/mol. The number of carbonyl (C=O) groups excluding carboxylic acids is 1. The van der Waals surface area contributed by atoms with Gasteiger partial charge in [-0.2, -0.15) is 0 Å². The van der Waals surface area contributed by atoms with Gasteiger partial charge in [0.2, 0.25) is 15.9 Å². The fourth-order valence-electron chi connectivity index (χ4n) is 2.47. The van der Waals surface area contributed by atoms with Gasteiger partial charge >= 0.3 is 0 Å². The number of carbonyl (C=O) groups is 1. The third-order valence-corrected chi connectivity index (χ3v) is 4.82. The van der Waals surface area contributed by atoms with E-state index >= 15 is 0 Å². The molecule has 0 aliphatic carbocycles. The van der Waals surface area contributed by atoms with E-state index in [-0.39, 0.29) is 18.5 Å². The second-order valence-electron chi connectivity index (χ2n) is 5.54. The summed E-state index contributed by atoms with van der Waals surface area (Å²) in [6.07, 6.45) is 1.82. The average Bonchev–Trinajstić information content (AvgIpc) is 2.58. The zero-order valence-electron chi connectivity index (χ0n) is 13.8. The minimum Gasteiger partial charge on any atom is -0.348 e. The number of benzene rings is 2. The van der Waals surface area contributed by atoms with Crippen molar-refractivity contribution in [3.8, 4) is 0 Å². The van der Waals surface area contributed by atoms with Gasteiger partial charge in [0.05, 0.1) is 18.0 Å². The second kappa shape index (κ2) is 7.97. The molecule has 0 bridgehead atoms. The highest BCUT2D eigenvalue weighted by Crippen LogP contribution is 2.18. The molecule has 2 rings (SSSR count). The highest BCUT2D eigenvalue weighted by atomic mass is 32.2. The van der Waals surface area contributed by atoms with E-state index in [0.717, 1.165) is 22.5 Å². The average molecular weight is 346 g/mol. The van der Waals surface area contributed by atoms with Gasteiger partial charge in [0.25, 0.3) is 0 Å². The molecule has 5 nitrogen and oxygen atoms in total. The SMILES string of the molecule is CCC(NC(=O)CN(c1ccccc1)S(C)(=O)=O)c1ccccc1. The first-order chi connectivity index (χ1) is 11.4. The van der Waals surface area contributed by atoms with Crippen LogP contribution in [0.1, 0.15) is 24.9 Å². The maximum Gasteiger partial charge on any atom is 0.241 e. The van der Waals surface area contributed by atoms with E-state index in [2.05, 4.69) is 5.32 Å². The van der Waals surface area contributed by atoms with Crippen LogP contribution in [0, 0.1) is 0 Å². The number of amides is 1. The molecular formula is C18H22N2O3S. The Balaban J connectivity index is 2.14. The Labute approximate surface area is 143 Å². The van der Waals surface area contributed by atoms with Gasteiger partial charge in [-0.3, -0.25) is 9.10 Å². The van der Waals surface area contributed by atoms with Crippen LogP contribution in [-0.4, -0.2) is 27.1 Å². The predicted octanol–water partition coefficient (Wildman–Crippen LogP) is 2.72. The number of hydrogen-bond acceptors (Lipinski definition) is 3.